The Hall–Kier alpha value is -0.380. The molecule has 0 radical (unpaired) electrons. The molecule has 84 valence electrons. The molecule has 0 aliphatic carbocycles. The van der Waals surface area contributed by atoms with Gasteiger partial charge in [-0.25, -0.2) is 0 Å². The number of aliphatic hydroxyl groups excluding tert-OH is 1. The first-order valence-corrected chi connectivity index (χ1v) is 5.84. The number of ether oxygens (including phenoxy) is 1. The summed E-state index contributed by atoms with van der Waals surface area (Å²) in [7, 11) is 1.66. The first-order valence-electron chi connectivity index (χ1n) is 5.05. The lowest BCUT2D eigenvalue weighted by molar-refractivity contribution is 0.0575. The molecule has 1 aromatic rings. The molecule has 2 unspecified atom stereocenters. The second kappa shape index (κ2) is 6.26. The zero-order valence-electron chi connectivity index (χ0n) is 9.11. The number of hydrogen-bond donors (Lipinski definition) is 1. The molecule has 0 aliphatic rings. The molecule has 0 saturated heterocycles. The van der Waals surface area contributed by atoms with Gasteiger partial charge >= 0.3 is 0 Å². The van der Waals surface area contributed by atoms with Gasteiger partial charge in [-0.05, 0) is 24.1 Å². The molecule has 0 fully saturated rings. The van der Waals surface area contributed by atoms with Crippen LogP contribution >= 0.6 is 15.9 Å². The van der Waals surface area contributed by atoms with E-state index >= 15 is 0 Å². The second-order valence-corrected chi connectivity index (χ2v) is 4.75. The highest BCUT2D eigenvalue weighted by Gasteiger charge is 2.14. The maximum Gasteiger partial charge on any atom is 0.0628 e. The fourth-order valence-electron chi connectivity index (χ4n) is 1.48. The van der Waals surface area contributed by atoms with Crippen molar-refractivity contribution < 1.29 is 9.84 Å². The summed E-state index contributed by atoms with van der Waals surface area (Å²) in [6.07, 6.45) is 0.323. The van der Waals surface area contributed by atoms with Crippen molar-refractivity contribution in [1.29, 1.82) is 0 Å². The Morgan fingerprint density at radius 3 is 2.80 bits per heavy atom. The Balaban J connectivity index is 2.54. The first-order chi connectivity index (χ1) is 7.13. The number of aliphatic hydroxyl groups is 1. The van der Waals surface area contributed by atoms with E-state index < -0.39 is 0 Å². The Kier molecular flexibility index (Phi) is 5.29. The van der Waals surface area contributed by atoms with E-state index in [-0.39, 0.29) is 12.0 Å². The summed E-state index contributed by atoms with van der Waals surface area (Å²) in [6.45, 7) is 2.58. The van der Waals surface area contributed by atoms with E-state index in [0.717, 1.165) is 10.0 Å². The summed E-state index contributed by atoms with van der Waals surface area (Å²) in [4.78, 5) is 0. The molecule has 15 heavy (non-hydrogen) atoms. The Morgan fingerprint density at radius 1 is 1.47 bits per heavy atom. The van der Waals surface area contributed by atoms with Crippen molar-refractivity contribution in [1.82, 2.24) is 0 Å². The molecule has 1 N–H and O–H groups in total. The molecule has 0 aliphatic heterocycles. The van der Waals surface area contributed by atoms with Crippen LogP contribution in [0.25, 0.3) is 0 Å². The maximum atomic E-state index is 9.90. The highest BCUT2D eigenvalue weighted by molar-refractivity contribution is 9.10. The molecule has 0 spiro atoms. The fraction of sp³-hybridized carbons (Fsp3) is 0.500. The van der Waals surface area contributed by atoms with Gasteiger partial charge in [-0.15, -0.1) is 0 Å². The van der Waals surface area contributed by atoms with Crippen molar-refractivity contribution in [3.05, 3.63) is 34.3 Å². The Morgan fingerprint density at radius 2 is 2.20 bits per heavy atom. The highest BCUT2D eigenvalue weighted by atomic mass is 79.9. The third-order valence-corrected chi connectivity index (χ3v) is 2.91. The molecule has 1 rings (SSSR count). The second-order valence-electron chi connectivity index (χ2n) is 3.83. The van der Waals surface area contributed by atoms with Crippen LogP contribution in [0.5, 0.6) is 0 Å². The summed E-state index contributed by atoms with van der Waals surface area (Å²) in [6, 6.07) is 8.01. The average molecular weight is 273 g/mol. The first kappa shape index (κ1) is 12.7. The van der Waals surface area contributed by atoms with Crippen LogP contribution in [0.3, 0.4) is 0 Å². The van der Waals surface area contributed by atoms with Crippen LogP contribution in [0.15, 0.2) is 28.7 Å². The molecule has 0 aromatic heterocycles. The molecule has 0 saturated carbocycles. The number of methoxy groups -OCH3 is 1. The van der Waals surface area contributed by atoms with E-state index in [9.17, 15) is 5.11 Å². The van der Waals surface area contributed by atoms with E-state index in [4.69, 9.17) is 4.74 Å². The third kappa shape index (κ3) is 4.33. The van der Waals surface area contributed by atoms with Crippen molar-refractivity contribution in [2.24, 2.45) is 5.92 Å². The molecule has 0 bridgehead atoms. The van der Waals surface area contributed by atoms with E-state index in [1.807, 2.05) is 31.2 Å². The lowest BCUT2D eigenvalue weighted by atomic mass is 9.98. The molecular formula is C12H17BrO2. The molecule has 0 amide bonds. The van der Waals surface area contributed by atoms with Gasteiger partial charge in [0.25, 0.3) is 0 Å². The highest BCUT2D eigenvalue weighted by Crippen LogP contribution is 2.15. The zero-order chi connectivity index (χ0) is 11.3. The van der Waals surface area contributed by atoms with Crippen molar-refractivity contribution in [2.75, 3.05) is 13.7 Å². The van der Waals surface area contributed by atoms with Crippen LogP contribution in [-0.4, -0.2) is 24.9 Å². The van der Waals surface area contributed by atoms with Crippen molar-refractivity contribution >= 4 is 15.9 Å². The van der Waals surface area contributed by atoms with E-state index in [1.165, 1.54) is 0 Å². The number of hydrogen-bond acceptors (Lipinski definition) is 2. The van der Waals surface area contributed by atoms with Crippen LogP contribution < -0.4 is 0 Å². The van der Waals surface area contributed by atoms with Gasteiger partial charge in [-0.1, -0.05) is 35.0 Å². The summed E-state index contributed by atoms with van der Waals surface area (Å²) in [5.74, 6) is 0.161. The average Bonchev–Trinajstić information content (AvgIpc) is 2.18. The van der Waals surface area contributed by atoms with Gasteiger partial charge in [0.1, 0.15) is 0 Å². The van der Waals surface area contributed by atoms with E-state index in [2.05, 4.69) is 15.9 Å². The fourth-order valence-corrected chi connectivity index (χ4v) is 1.93. The van der Waals surface area contributed by atoms with Crippen molar-refractivity contribution in [3.63, 3.8) is 0 Å². The third-order valence-electron chi connectivity index (χ3n) is 2.42. The van der Waals surface area contributed by atoms with Crippen LogP contribution in [0.4, 0.5) is 0 Å². The van der Waals surface area contributed by atoms with Gasteiger partial charge < -0.3 is 9.84 Å². The summed E-state index contributed by atoms with van der Waals surface area (Å²) < 4.78 is 6.06. The van der Waals surface area contributed by atoms with Gasteiger partial charge in [0.15, 0.2) is 0 Å². The molecule has 3 heteroatoms. The van der Waals surface area contributed by atoms with Crippen LogP contribution in [0, 0.1) is 5.92 Å². The Bertz CT molecular complexity index is 301. The minimum Gasteiger partial charge on any atom is -0.392 e. The van der Waals surface area contributed by atoms with Crippen LogP contribution in [0.1, 0.15) is 12.5 Å². The monoisotopic (exact) mass is 272 g/mol. The zero-order valence-corrected chi connectivity index (χ0v) is 10.7. The predicted molar refractivity (Wildman–Crippen MR) is 64.9 cm³/mol. The Labute approximate surface area is 99.4 Å². The van der Waals surface area contributed by atoms with Gasteiger partial charge in [-0.3, -0.25) is 0 Å². The quantitative estimate of drug-likeness (QED) is 0.893. The SMILES string of the molecule is COCC(C)C(O)Cc1cccc(Br)c1. The number of benzene rings is 1. The van der Waals surface area contributed by atoms with Gasteiger partial charge in [-0.2, -0.15) is 0 Å². The van der Waals surface area contributed by atoms with Crippen molar-refractivity contribution in [2.45, 2.75) is 19.4 Å². The standard InChI is InChI=1S/C12H17BrO2/c1-9(8-15-2)12(14)7-10-4-3-5-11(13)6-10/h3-6,9,12,14H,7-8H2,1-2H3. The van der Waals surface area contributed by atoms with Crippen molar-refractivity contribution in [3.8, 4) is 0 Å². The van der Waals surface area contributed by atoms with Crippen LogP contribution in [-0.2, 0) is 11.2 Å². The molecule has 0 heterocycles. The predicted octanol–water partition coefficient (Wildman–Crippen LogP) is 2.64. The van der Waals surface area contributed by atoms with Gasteiger partial charge in [0.05, 0.1) is 12.7 Å². The summed E-state index contributed by atoms with van der Waals surface area (Å²) in [5.41, 5.74) is 1.14. The van der Waals surface area contributed by atoms with E-state index in [0.29, 0.717) is 13.0 Å². The van der Waals surface area contributed by atoms with Gasteiger partial charge in [0.2, 0.25) is 0 Å². The molecule has 1 aromatic carbocycles. The van der Waals surface area contributed by atoms with Gasteiger partial charge in [0, 0.05) is 17.5 Å². The summed E-state index contributed by atoms with van der Waals surface area (Å²) >= 11 is 3.41. The topological polar surface area (TPSA) is 29.5 Å². The maximum absolute atomic E-state index is 9.90. The molecule has 2 atom stereocenters. The number of halogens is 1. The molecular weight excluding hydrogens is 256 g/mol. The lowest BCUT2D eigenvalue weighted by Gasteiger charge is -2.18. The number of rotatable bonds is 5. The summed E-state index contributed by atoms with van der Waals surface area (Å²) in [5, 5.41) is 9.90. The normalized spacial score (nSPS) is 14.9. The van der Waals surface area contributed by atoms with Crippen LogP contribution in [0.2, 0.25) is 0 Å². The minimum atomic E-state index is -0.348. The lowest BCUT2D eigenvalue weighted by Crippen LogP contribution is -2.24. The largest absolute Gasteiger partial charge is 0.392 e. The van der Waals surface area contributed by atoms with E-state index in [1.54, 1.807) is 7.11 Å². The minimum absolute atomic E-state index is 0.161. The smallest absolute Gasteiger partial charge is 0.0628 e. The molecule has 2 nitrogen and oxygen atoms in total.